The van der Waals surface area contributed by atoms with Crippen molar-refractivity contribution in [3.8, 4) is 0 Å². The molecule has 0 bridgehead atoms. The molecule has 0 N–H and O–H groups in total. The van der Waals surface area contributed by atoms with Gasteiger partial charge in [0.05, 0.1) is 0 Å². The molecule has 64 heavy (non-hydrogen) atoms. The molecule has 0 heteroatoms. The fourth-order valence-electron chi connectivity index (χ4n) is 3.21. The van der Waals surface area contributed by atoms with Crippen LogP contribution in [0.3, 0.4) is 0 Å². The second-order valence-electron chi connectivity index (χ2n) is 9.93. The maximum atomic E-state index is 2.08. The van der Waals surface area contributed by atoms with Crippen LogP contribution in [0.25, 0.3) is 0 Å². The molecule has 0 atom stereocenters. The van der Waals surface area contributed by atoms with Crippen molar-refractivity contribution in [1.29, 1.82) is 0 Å². The van der Waals surface area contributed by atoms with E-state index in [9.17, 15) is 0 Å². The van der Waals surface area contributed by atoms with Crippen LogP contribution < -0.4 is 0 Å². The van der Waals surface area contributed by atoms with Crippen LogP contribution in [0.4, 0.5) is 0 Å². The monoisotopic (exact) mass is 883 g/mol. The molecule has 0 aliphatic heterocycles. The largest absolute Gasteiger partial charge is 0.0683 e. The zero-order valence-corrected chi connectivity index (χ0v) is 48.3. The van der Waals surface area contributed by atoms with Crippen molar-refractivity contribution >= 4 is 0 Å². The number of aryl methyl sites for hydroxylation is 6. The summed E-state index contributed by atoms with van der Waals surface area (Å²) in [5, 5.41) is 0. The molecular formula is C64H114. The molecule has 0 radical (unpaired) electrons. The summed E-state index contributed by atoms with van der Waals surface area (Å²) in [5.41, 5.74) is 7.93. The summed E-state index contributed by atoms with van der Waals surface area (Å²) in [4.78, 5) is 0. The topological polar surface area (TPSA) is 0 Å². The minimum absolute atomic E-state index is 1.32. The number of rotatable bonds is 0. The van der Waals surface area contributed by atoms with Gasteiger partial charge >= 0.3 is 0 Å². The molecule has 0 aromatic heterocycles. The van der Waals surface area contributed by atoms with Crippen LogP contribution in [0.1, 0.15) is 186 Å². The Morgan fingerprint density at radius 3 is 0.219 bits per heavy atom. The van der Waals surface area contributed by atoms with Crippen LogP contribution in [0.5, 0.6) is 0 Å². The van der Waals surface area contributed by atoms with Gasteiger partial charge in [-0.15, -0.1) is 0 Å². The molecule has 370 valence electrons. The van der Waals surface area contributed by atoms with Gasteiger partial charge in [0.25, 0.3) is 0 Å². The quantitative estimate of drug-likeness (QED) is 0.143. The average Bonchev–Trinajstić information content (AvgIpc) is 3.41. The molecule has 0 aliphatic rings. The summed E-state index contributed by atoms with van der Waals surface area (Å²) in [5.74, 6) is 0. The van der Waals surface area contributed by atoms with Crippen molar-refractivity contribution in [2.45, 2.75) is 194 Å². The Morgan fingerprint density at radius 2 is 0.188 bits per heavy atom. The van der Waals surface area contributed by atoms with Crippen LogP contribution in [0, 0.1) is 41.5 Å². The lowest BCUT2D eigenvalue weighted by Gasteiger charge is -1.82. The Labute approximate surface area is 407 Å². The molecular weight excluding hydrogens is 769 g/mol. The second kappa shape index (κ2) is 102. The Balaban J connectivity index is -0.0000000538. The van der Waals surface area contributed by atoms with Crippen molar-refractivity contribution < 1.29 is 0 Å². The van der Waals surface area contributed by atoms with Crippen LogP contribution >= 0.6 is 0 Å². The van der Waals surface area contributed by atoms with Crippen molar-refractivity contribution in [3.63, 3.8) is 0 Å². The third-order valence-corrected chi connectivity index (χ3v) is 5.64. The van der Waals surface area contributed by atoms with Gasteiger partial charge in [-0.2, -0.15) is 0 Å². The van der Waals surface area contributed by atoms with E-state index in [0.717, 1.165) is 0 Å². The van der Waals surface area contributed by atoms with Crippen molar-refractivity contribution in [1.82, 2.24) is 0 Å². The highest BCUT2D eigenvalue weighted by Gasteiger charge is 1.75. The highest BCUT2D eigenvalue weighted by Crippen LogP contribution is 1.95. The van der Waals surface area contributed by atoms with Gasteiger partial charge in [0.15, 0.2) is 0 Å². The smallest absolute Gasteiger partial charge is 0.0398 e. The van der Waals surface area contributed by atoms with Gasteiger partial charge in [-0.05, 0) is 41.5 Å². The van der Waals surface area contributed by atoms with Crippen LogP contribution in [0.15, 0.2) is 182 Å². The lowest BCUT2D eigenvalue weighted by molar-refractivity contribution is 1.48. The Morgan fingerprint density at radius 1 is 0.125 bits per heavy atom. The standard InChI is InChI=1S/6C7H8.11C2H6/c6*1-7-5-3-2-4-6-7;11*1-2/h6*2-6H,1H3;11*1-2H3. The lowest BCUT2D eigenvalue weighted by Crippen LogP contribution is -1.62. The maximum absolute atomic E-state index is 2.08. The van der Waals surface area contributed by atoms with Crippen LogP contribution in [-0.4, -0.2) is 0 Å². The van der Waals surface area contributed by atoms with Gasteiger partial charge in [-0.1, -0.05) is 368 Å². The minimum Gasteiger partial charge on any atom is -0.0683 e. The van der Waals surface area contributed by atoms with E-state index in [1.54, 1.807) is 0 Å². The third-order valence-electron chi connectivity index (χ3n) is 5.64. The van der Waals surface area contributed by atoms with Gasteiger partial charge in [0, 0.05) is 0 Å². The van der Waals surface area contributed by atoms with Crippen molar-refractivity contribution in [2.24, 2.45) is 0 Å². The van der Waals surface area contributed by atoms with Crippen molar-refractivity contribution in [3.05, 3.63) is 215 Å². The predicted octanol–water partition coefficient (Wildman–Crippen LogP) is 23.3. The molecule has 6 aromatic rings. The fraction of sp³-hybridized carbons (Fsp3) is 0.438. The van der Waals surface area contributed by atoms with Crippen molar-refractivity contribution in [2.75, 3.05) is 0 Å². The van der Waals surface area contributed by atoms with E-state index in [0.29, 0.717) is 0 Å². The normalized spacial score (nSPS) is 6.75. The first-order valence-electron chi connectivity index (χ1n) is 25.5. The lowest BCUT2D eigenvalue weighted by atomic mass is 10.2. The zero-order chi connectivity index (χ0) is 52.7. The Hall–Kier alpha value is -4.68. The molecule has 0 amide bonds. The molecule has 6 rings (SSSR count). The molecule has 0 heterocycles. The molecule has 0 saturated heterocycles. The van der Waals surface area contributed by atoms with E-state index in [-0.39, 0.29) is 0 Å². The predicted molar refractivity (Wildman–Crippen MR) is 312 cm³/mol. The van der Waals surface area contributed by atoms with E-state index in [1.165, 1.54) is 33.4 Å². The van der Waals surface area contributed by atoms with Gasteiger partial charge < -0.3 is 0 Å². The first kappa shape index (κ1) is 86.4. The van der Waals surface area contributed by atoms with Gasteiger partial charge in [0.2, 0.25) is 0 Å². The number of hydrogen-bond donors (Lipinski definition) is 0. The Kier molecular flexibility index (Phi) is 138. The van der Waals surface area contributed by atoms with E-state index >= 15 is 0 Å². The van der Waals surface area contributed by atoms with E-state index in [4.69, 9.17) is 0 Å². The van der Waals surface area contributed by atoms with Crippen LogP contribution in [0.2, 0.25) is 0 Å². The van der Waals surface area contributed by atoms with Crippen LogP contribution in [-0.2, 0) is 0 Å². The zero-order valence-electron chi connectivity index (χ0n) is 48.3. The van der Waals surface area contributed by atoms with Gasteiger partial charge in [-0.25, -0.2) is 0 Å². The second-order valence-corrected chi connectivity index (χ2v) is 9.93. The maximum Gasteiger partial charge on any atom is -0.0398 e. The SMILES string of the molecule is CC.CC.CC.CC.CC.CC.CC.CC.CC.CC.CC.Cc1ccccc1.Cc1ccccc1.Cc1ccccc1.Cc1ccccc1.Cc1ccccc1.Cc1ccccc1. The highest BCUT2D eigenvalue weighted by molar-refractivity contribution is 5.15. The molecule has 6 aromatic carbocycles. The molecule has 0 saturated carbocycles. The van der Waals surface area contributed by atoms with E-state index in [2.05, 4.69) is 114 Å². The molecule has 0 unspecified atom stereocenters. The summed E-state index contributed by atoms with van der Waals surface area (Å²) < 4.78 is 0. The summed E-state index contributed by atoms with van der Waals surface area (Å²) in [6, 6.07) is 61.6. The fourth-order valence-corrected chi connectivity index (χ4v) is 3.21. The van der Waals surface area contributed by atoms with Gasteiger partial charge in [-0.3, -0.25) is 0 Å². The Bertz CT molecular complexity index is 1070. The van der Waals surface area contributed by atoms with Gasteiger partial charge in [0.1, 0.15) is 0 Å². The minimum atomic E-state index is 1.32. The summed E-state index contributed by atoms with van der Waals surface area (Å²) in [6.45, 7) is 56.5. The number of benzene rings is 6. The third kappa shape index (κ3) is 96.9. The summed E-state index contributed by atoms with van der Waals surface area (Å²) in [6.07, 6.45) is 0. The number of hydrogen-bond acceptors (Lipinski definition) is 0. The van der Waals surface area contributed by atoms with E-state index < -0.39 is 0 Å². The molecule has 0 spiro atoms. The average molecular weight is 884 g/mol. The molecule has 0 fully saturated rings. The van der Waals surface area contributed by atoms with E-state index in [1.807, 2.05) is 262 Å². The highest BCUT2D eigenvalue weighted by atomic mass is 13.8. The first-order valence-corrected chi connectivity index (χ1v) is 25.5. The first-order chi connectivity index (χ1) is 31.4. The summed E-state index contributed by atoms with van der Waals surface area (Å²) in [7, 11) is 0. The molecule has 0 aliphatic carbocycles. The summed E-state index contributed by atoms with van der Waals surface area (Å²) >= 11 is 0. The molecule has 0 nitrogen and oxygen atoms in total.